The fourth-order valence-corrected chi connectivity index (χ4v) is 7.04. The number of nitrogens with zero attached hydrogens (tertiary/aromatic N) is 2. The second kappa shape index (κ2) is 13.3. The molecule has 2 unspecified atom stereocenters. The zero-order valence-electron chi connectivity index (χ0n) is 22.6. The van der Waals surface area contributed by atoms with Crippen LogP contribution in [0.1, 0.15) is 56.4 Å². The summed E-state index contributed by atoms with van der Waals surface area (Å²) in [6.45, 7) is 3.61. The molecule has 2 aliphatic heterocycles. The largest absolute Gasteiger partial charge is 0.480 e. The van der Waals surface area contributed by atoms with Crippen molar-refractivity contribution in [1.82, 2.24) is 9.80 Å². The van der Waals surface area contributed by atoms with Crippen molar-refractivity contribution in [2.75, 3.05) is 39.0 Å². The summed E-state index contributed by atoms with van der Waals surface area (Å²) in [5.74, 6) is 0.176. The number of carboxylic acid groups (broad SMARTS) is 1. The summed E-state index contributed by atoms with van der Waals surface area (Å²) < 4.78 is 50.3. The maximum absolute atomic E-state index is 13.3. The standard InChI is InChI=1S/C16H20FNO2.C14H20FNO2S/c17-14-3-1-2-12(9-14)13-6-7-18(10-13)15(16(19)20)8-11-4-5-11;1-16-9-6-12(7-10-16)8-11-19(17,18)14-4-2-13(15)3-5-14/h1-3,9,11,13,15H,4-8,10H2,(H,19,20);2-5,12H,6-11H2,1H3. The molecule has 214 valence electrons. The summed E-state index contributed by atoms with van der Waals surface area (Å²) in [5, 5.41) is 9.41. The van der Waals surface area contributed by atoms with Crippen molar-refractivity contribution in [1.29, 1.82) is 0 Å². The molecule has 2 heterocycles. The Labute approximate surface area is 230 Å². The van der Waals surface area contributed by atoms with Crippen molar-refractivity contribution < 1.29 is 27.1 Å². The van der Waals surface area contributed by atoms with E-state index in [-0.39, 0.29) is 28.4 Å². The lowest BCUT2D eigenvalue weighted by atomic mass is 9.95. The minimum atomic E-state index is -3.27. The van der Waals surface area contributed by atoms with Gasteiger partial charge in [-0.3, -0.25) is 9.69 Å². The Morgan fingerprint density at radius 2 is 1.64 bits per heavy atom. The fraction of sp³-hybridized carbons (Fsp3) is 0.567. The van der Waals surface area contributed by atoms with Gasteiger partial charge in [0.05, 0.1) is 10.6 Å². The number of piperidine rings is 1. The molecule has 3 fully saturated rings. The molecule has 0 bridgehead atoms. The van der Waals surface area contributed by atoms with Gasteiger partial charge >= 0.3 is 5.97 Å². The van der Waals surface area contributed by atoms with Gasteiger partial charge in [-0.1, -0.05) is 25.0 Å². The zero-order valence-corrected chi connectivity index (χ0v) is 23.5. The summed E-state index contributed by atoms with van der Waals surface area (Å²) in [6, 6.07) is 11.4. The van der Waals surface area contributed by atoms with E-state index in [0.717, 1.165) is 57.4 Å². The van der Waals surface area contributed by atoms with Gasteiger partial charge in [0, 0.05) is 6.54 Å². The minimum absolute atomic E-state index is 0.160. The molecule has 2 aromatic rings. The topological polar surface area (TPSA) is 77.9 Å². The third-order valence-corrected chi connectivity index (χ3v) is 10.1. The van der Waals surface area contributed by atoms with Crippen molar-refractivity contribution in [2.45, 2.75) is 61.8 Å². The van der Waals surface area contributed by atoms with Gasteiger partial charge in [-0.05, 0) is 119 Å². The predicted molar refractivity (Wildman–Crippen MR) is 147 cm³/mol. The Bertz CT molecular complexity index is 1200. The molecule has 3 aliphatic rings. The van der Waals surface area contributed by atoms with Crippen molar-refractivity contribution in [3.05, 3.63) is 65.7 Å². The van der Waals surface area contributed by atoms with E-state index < -0.39 is 21.6 Å². The van der Waals surface area contributed by atoms with E-state index >= 15 is 0 Å². The SMILES string of the molecule is CN1CCC(CCS(=O)(=O)c2ccc(F)cc2)CC1.O=C(O)C(CC1CC1)N1CCC(c2cccc(F)c2)C1. The summed E-state index contributed by atoms with van der Waals surface area (Å²) >= 11 is 0. The lowest BCUT2D eigenvalue weighted by Gasteiger charge is -2.28. The van der Waals surface area contributed by atoms with Gasteiger partial charge in [0.2, 0.25) is 0 Å². The summed E-state index contributed by atoms with van der Waals surface area (Å²) in [4.78, 5) is 16.0. The van der Waals surface area contributed by atoms with Crippen LogP contribution in [-0.2, 0) is 14.6 Å². The maximum atomic E-state index is 13.3. The van der Waals surface area contributed by atoms with Crippen LogP contribution in [0.4, 0.5) is 8.78 Å². The third kappa shape index (κ3) is 8.82. The summed E-state index contributed by atoms with van der Waals surface area (Å²) in [6.07, 6.45) is 6.86. The van der Waals surface area contributed by atoms with Gasteiger partial charge in [0.25, 0.3) is 0 Å². The van der Waals surface area contributed by atoms with E-state index in [1.54, 1.807) is 12.1 Å². The molecule has 39 heavy (non-hydrogen) atoms. The number of hydrogen-bond acceptors (Lipinski definition) is 5. The molecule has 1 aliphatic carbocycles. The average Bonchev–Trinajstić information content (AvgIpc) is 3.61. The van der Waals surface area contributed by atoms with Gasteiger partial charge in [0.15, 0.2) is 9.84 Å². The normalized spacial score (nSPS) is 21.8. The van der Waals surface area contributed by atoms with E-state index in [1.165, 1.54) is 43.2 Å². The third-order valence-electron chi connectivity index (χ3n) is 8.32. The van der Waals surface area contributed by atoms with Crippen LogP contribution in [0.3, 0.4) is 0 Å². The van der Waals surface area contributed by atoms with Crippen molar-refractivity contribution in [3.63, 3.8) is 0 Å². The van der Waals surface area contributed by atoms with E-state index in [4.69, 9.17) is 0 Å². The fourth-order valence-electron chi connectivity index (χ4n) is 5.61. The highest BCUT2D eigenvalue weighted by Gasteiger charge is 2.37. The van der Waals surface area contributed by atoms with Crippen LogP contribution in [-0.4, -0.2) is 74.3 Å². The average molecular weight is 563 g/mol. The molecule has 0 amide bonds. The quantitative estimate of drug-likeness (QED) is 0.424. The van der Waals surface area contributed by atoms with Crippen molar-refractivity contribution >= 4 is 15.8 Å². The number of halogens is 2. The Kier molecular flexibility index (Phi) is 10.1. The number of carboxylic acids is 1. The zero-order chi connectivity index (χ0) is 28.0. The molecule has 1 saturated carbocycles. The van der Waals surface area contributed by atoms with E-state index in [9.17, 15) is 27.1 Å². The van der Waals surface area contributed by atoms with Crippen LogP contribution in [0.15, 0.2) is 53.4 Å². The molecule has 5 rings (SSSR count). The lowest BCUT2D eigenvalue weighted by molar-refractivity contribution is -0.143. The highest BCUT2D eigenvalue weighted by atomic mass is 32.2. The Balaban J connectivity index is 0.000000181. The Hall–Kier alpha value is -2.36. The first-order valence-corrected chi connectivity index (χ1v) is 15.6. The second-order valence-corrected chi connectivity index (χ2v) is 13.5. The van der Waals surface area contributed by atoms with Crippen LogP contribution in [0.25, 0.3) is 0 Å². The molecule has 2 aromatic carbocycles. The van der Waals surface area contributed by atoms with Gasteiger partial charge in [-0.2, -0.15) is 0 Å². The van der Waals surface area contributed by atoms with Gasteiger partial charge in [-0.15, -0.1) is 0 Å². The van der Waals surface area contributed by atoms with Crippen molar-refractivity contribution in [3.8, 4) is 0 Å². The molecule has 2 atom stereocenters. The first-order chi connectivity index (χ1) is 18.6. The molecular weight excluding hydrogens is 522 g/mol. The first kappa shape index (κ1) is 29.6. The van der Waals surface area contributed by atoms with Gasteiger partial charge in [-0.25, -0.2) is 17.2 Å². The van der Waals surface area contributed by atoms with Crippen LogP contribution in [0.2, 0.25) is 0 Å². The number of hydrogen-bond donors (Lipinski definition) is 1. The minimum Gasteiger partial charge on any atom is -0.480 e. The Morgan fingerprint density at radius 3 is 2.26 bits per heavy atom. The molecule has 0 aromatic heterocycles. The highest BCUT2D eigenvalue weighted by Crippen LogP contribution is 2.37. The second-order valence-electron chi connectivity index (χ2n) is 11.4. The van der Waals surface area contributed by atoms with Gasteiger partial charge in [0.1, 0.15) is 17.7 Å². The highest BCUT2D eigenvalue weighted by molar-refractivity contribution is 7.91. The Morgan fingerprint density at radius 1 is 0.949 bits per heavy atom. The molecule has 9 heteroatoms. The van der Waals surface area contributed by atoms with E-state index in [2.05, 4.69) is 16.8 Å². The van der Waals surface area contributed by atoms with E-state index in [1.807, 2.05) is 6.07 Å². The van der Waals surface area contributed by atoms with Gasteiger partial charge < -0.3 is 10.0 Å². The van der Waals surface area contributed by atoms with Crippen molar-refractivity contribution in [2.24, 2.45) is 11.8 Å². The number of likely N-dealkylation sites (tertiary alicyclic amines) is 2. The molecular formula is C30H40F2N2O4S. The molecule has 1 N–H and O–H groups in total. The van der Waals surface area contributed by atoms with Crippen LogP contribution in [0, 0.1) is 23.5 Å². The number of sulfone groups is 1. The van der Waals surface area contributed by atoms with Crippen LogP contribution in [0.5, 0.6) is 0 Å². The summed E-state index contributed by atoms with van der Waals surface area (Å²) in [5.41, 5.74) is 0.989. The molecule has 6 nitrogen and oxygen atoms in total. The molecule has 0 radical (unpaired) electrons. The predicted octanol–water partition coefficient (Wildman–Crippen LogP) is 5.20. The number of benzene rings is 2. The first-order valence-electron chi connectivity index (χ1n) is 14.0. The summed E-state index contributed by atoms with van der Waals surface area (Å²) in [7, 11) is -1.18. The number of carbonyl (C=O) groups is 1. The maximum Gasteiger partial charge on any atom is 0.320 e. The number of aliphatic carboxylic acids is 1. The smallest absolute Gasteiger partial charge is 0.320 e. The van der Waals surface area contributed by atoms with E-state index in [0.29, 0.717) is 18.3 Å². The monoisotopic (exact) mass is 562 g/mol. The van der Waals surface area contributed by atoms with Crippen LogP contribution < -0.4 is 0 Å². The number of rotatable bonds is 9. The molecule has 2 saturated heterocycles. The molecule has 0 spiro atoms. The van der Waals surface area contributed by atoms with Crippen LogP contribution >= 0.6 is 0 Å². The lowest BCUT2D eigenvalue weighted by Crippen LogP contribution is -2.40.